The Hall–Kier alpha value is -3.06. The number of amides is 3. The van der Waals surface area contributed by atoms with E-state index in [1.807, 2.05) is 42.2 Å². The molecule has 31 heavy (non-hydrogen) atoms. The zero-order valence-corrected chi connectivity index (χ0v) is 18.0. The maximum atomic E-state index is 12.7. The zero-order valence-electron chi connectivity index (χ0n) is 18.0. The molecule has 1 atom stereocenters. The number of rotatable bonds is 6. The number of urea groups is 1. The first-order valence-electron chi connectivity index (χ1n) is 11.0. The Balaban J connectivity index is 1.25. The van der Waals surface area contributed by atoms with Gasteiger partial charge in [0.15, 0.2) is 0 Å². The van der Waals surface area contributed by atoms with Crippen LogP contribution in [0.5, 0.6) is 5.75 Å². The van der Waals surface area contributed by atoms with Gasteiger partial charge < -0.3 is 19.9 Å². The Morgan fingerprint density at radius 3 is 2.42 bits per heavy atom. The number of nitrogens with one attached hydrogen (secondary N) is 1. The molecule has 2 fully saturated rings. The molecule has 164 valence electrons. The van der Waals surface area contributed by atoms with E-state index < -0.39 is 0 Å². The second kappa shape index (κ2) is 9.83. The van der Waals surface area contributed by atoms with Crippen LogP contribution in [0, 0.1) is 0 Å². The molecule has 0 spiro atoms. The van der Waals surface area contributed by atoms with Crippen molar-refractivity contribution in [1.29, 1.82) is 0 Å². The topological polar surface area (TPSA) is 65.1 Å². The molecule has 4 rings (SSSR count). The van der Waals surface area contributed by atoms with E-state index in [1.165, 1.54) is 5.56 Å². The minimum atomic E-state index is -0.172. The molecule has 7 heteroatoms. The molecule has 0 radical (unpaired) electrons. The normalized spacial score (nSPS) is 19.5. The van der Waals surface area contributed by atoms with Gasteiger partial charge in [0.05, 0.1) is 12.6 Å². The maximum Gasteiger partial charge on any atom is 0.317 e. The number of carbonyl (C=O) groups is 2. The molecule has 0 saturated carbocycles. The predicted molar refractivity (Wildman–Crippen MR) is 120 cm³/mol. The minimum absolute atomic E-state index is 0.0298. The predicted octanol–water partition coefficient (Wildman–Crippen LogP) is 2.72. The molecule has 7 nitrogen and oxygen atoms in total. The van der Waals surface area contributed by atoms with E-state index >= 15 is 0 Å². The molecule has 0 aliphatic carbocycles. The maximum absolute atomic E-state index is 12.7. The lowest BCUT2D eigenvalue weighted by molar-refractivity contribution is -0.117. The van der Waals surface area contributed by atoms with Crippen LogP contribution in [-0.2, 0) is 11.3 Å². The van der Waals surface area contributed by atoms with Gasteiger partial charge in [-0.25, -0.2) is 4.79 Å². The number of carbonyl (C=O) groups excluding carboxylic acids is 2. The summed E-state index contributed by atoms with van der Waals surface area (Å²) >= 11 is 0. The van der Waals surface area contributed by atoms with Gasteiger partial charge in [-0.05, 0) is 36.8 Å². The average Bonchev–Trinajstić information content (AvgIpc) is 3.15. The van der Waals surface area contributed by atoms with Crippen molar-refractivity contribution >= 4 is 17.6 Å². The SMILES string of the molecule is CCOc1ccc(N2C[C@H](NC(=O)N3CCN(Cc4ccccc4)CC3)CC2=O)cc1. The smallest absolute Gasteiger partial charge is 0.317 e. The third-order valence-electron chi connectivity index (χ3n) is 5.82. The van der Waals surface area contributed by atoms with Crippen LogP contribution in [0.3, 0.4) is 0 Å². The van der Waals surface area contributed by atoms with Gasteiger partial charge in [-0.2, -0.15) is 0 Å². The summed E-state index contributed by atoms with van der Waals surface area (Å²) in [5.41, 5.74) is 2.12. The third kappa shape index (κ3) is 5.35. The lowest BCUT2D eigenvalue weighted by Gasteiger charge is -2.35. The molecule has 1 N–H and O–H groups in total. The molecule has 2 saturated heterocycles. The Labute approximate surface area is 183 Å². The Kier molecular flexibility index (Phi) is 6.72. The van der Waals surface area contributed by atoms with Crippen molar-refractivity contribution in [1.82, 2.24) is 15.1 Å². The molecular formula is C24H30N4O3. The highest BCUT2D eigenvalue weighted by molar-refractivity contribution is 5.96. The van der Waals surface area contributed by atoms with E-state index in [4.69, 9.17) is 4.74 Å². The fourth-order valence-electron chi connectivity index (χ4n) is 4.16. The number of hydrogen-bond donors (Lipinski definition) is 1. The molecule has 2 aliphatic heterocycles. The van der Waals surface area contributed by atoms with Crippen LogP contribution in [0.2, 0.25) is 0 Å². The summed E-state index contributed by atoms with van der Waals surface area (Å²) < 4.78 is 5.46. The van der Waals surface area contributed by atoms with Crippen molar-refractivity contribution in [2.75, 3.05) is 44.2 Å². The first kappa shape index (κ1) is 21.2. The van der Waals surface area contributed by atoms with Crippen LogP contribution in [0.15, 0.2) is 54.6 Å². The van der Waals surface area contributed by atoms with Gasteiger partial charge >= 0.3 is 6.03 Å². The summed E-state index contributed by atoms with van der Waals surface area (Å²) in [6.07, 6.45) is 0.326. The Bertz CT molecular complexity index is 879. The molecule has 2 aliphatic rings. The summed E-state index contributed by atoms with van der Waals surface area (Å²) in [5.74, 6) is 0.816. The summed E-state index contributed by atoms with van der Waals surface area (Å²) in [6, 6.07) is 17.7. The second-order valence-corrected chi connectivity index (χ2v) is 8.03. The zero-order chi connectivity index (χ0) is 21.6. The number of nitrogens with zero attached hydrogens (tertiary/aromatic N) is 3. The molecule has 0 unspecified atom stereocenters. The van der Waals surface area contributed by atoms with Gasteiger partial charge in [0, 0.05) is 51.4 Å². The summed E-state index contributed by atoms with van der Waals surface area (Å²) in [4.78, 5) is 31.2. The fraction of sp³-hybridized carbons (Fsp3) is 0.417. The number of benzene rings is 2. The number of hydrogen-bond acceptors (Lipinski definition) is 4. The first-order valence-corrected chi connectivity index (χ1v) is 11.0. The molecule has 2 aromatic carbocycles. The van der Waals surface area contributed by atoms with Gasteiger partial charge in [-0.15, -0.1) is 0 Å². The third-order valence-corrected chi connectivity index (χ3v) is 5.82. The van der Waals surface area contributed by atoms with E-state index in [0.717, 1.165) is 31.1 Å². The largest absolute Gasteiger partial charge is 0.494 e. The highest BCUT2D eigenvalue weighted by atomic mass is 16.5. The molecule has 3 amide bonds. The van der Waals surface area contributed by atoms with Crippen molar-refractivity contribution in [3.63, 3.8) is 0 Å². The first-order chi connectivity index (χ1) is 15.1. The summed E-state index contributed by atoms with van der Waals surface area (Å²) in [6.45, 7) is 7.04. The van der Waals surface area contributed by atoms with Crippen molar-refractivity contribution in [3.05, 3.63) is 60.2 Å². The molecule has 2 heterocycles. The standard InChI is InChI=1S/C24H30N4O3/c1-2-31-22-10-8-21(9-11-22)28-18-20(16-23(28)29)25-24(30)27-14-12-26(13-15-27)17-19-6-4-3-5-7-19/h3-11,20H,2,12-18H2,1H3,(H,25,30)/t20-/m1/s1. The Morgan fingerprint density at radius 2 is 1.74 bits per heavy atom. The lowest BCUT2D eigenvalue weighted by Crippen LogP contribution is -2.53. The van der Waals surface area contributed by atoms with E-state index in [9.17, 15) is 9.59 Å². The highest BCUT2D eigenvalue weighted by Crippen LogP contribution is 2.24. The van der Waals surface area contributed by atoms with Crippen molar-refractivity contribution < 1.29 is 14.3 Å². The van der Waals surface area contributed by atoms with Gasteiger partial charge in [0.2, 0.25) is 5.91 Å². The van der Waals surface area contributed by atoms with Crippen LogP contribution >= 0.6 is 0 Å². The van der Waals surface area contributed by atoms with E-state index in [-0.39, 0.29) is 18.0 Å². The van der Waals surface area contributed by atoms with Crippen LogP contribution in [0.25, 0.3) is 0 Å². The minimum Gasteiger partial charge on any atom is -0.494 e. The van der Waals surface area contributed by atoms with Crippen LogP contribution in [-0.4, -0.2) is 67.1 Å². The summed E-state index contributed by atoms with van der Waals surface area (Å²) in [5, 5.41) is 3.06. The summed E-state index contributed by atoms with van der Waals surface area (Å²) in [7, 11) is 0. The highest BCUT2D eigenvalue weighted by Gasteiger charge is 2.33. The van der Waals surface area contributed by atoms with E-state index in [0.29, 0.717) is 32.7 Å². The van der Waals surface area contributed by atoms with E-state index in [1.54, 1.807) is 4.90 Å². The van der Waals surface area contributed by atoms with Crippen molar-refractivity contribution in [3.8, 4) is 5.75 Å². The number of ether oxygens (including phenoxy) is 1. The fourth-order valence-corrected chi connectivity index (χ4v) is 4.16. The van der Waals surface area contributed by atoms with Gasteiger partial charge in [0.25, 0.3) is 0 Å². The quantitative estimate of drug-likeness (QED) is 0.778. The second-order valence-electron chi connectivity index (χ2n) is 8.03. The molecule has 0 bridgehead atoms. The van der Waals surface area contributed by atoms with E-state index in [2.05, 4.69) is 34.5 Å². The lowest BCUT2D eigenvalue weighted by atomic mass is 10.2. The van der Waals surface area contributed by atoms with Crippen LogP contribution < -0.4 is 15.0 Å². The monoisotopic (exact) mass is 422 g/mol. The number of anilines is 1. The van der Waals surface area contributed by atoms with Crippen molar-refractivity contribution in [2.45, 2.75) is 25.9 Å². The number of piperazine rings is 1. The molecule has 2 aromatic rings. The van der Waals surface area contributed by atoms with Gasteiger partial charge in [-0.1, -0.05) is 30.3 Å². The average molecular weight is 423 g/mol. The molecule has 0 aromatic heterocycles. The Morgan fingerprint density at radius 1 is 1.03 bits per heavy atom. The van der Waals surface area contributed by atoms with Crippen LogP contribution in [0.1, 0.15) is 18.9 Å². The van der Waals surface area contributed by atoms with Crippen LogP contribution in [0.4, 0.5) is 10.5 Å². The van der Waals surface area contributed by atoms with Crippen molar-refractivity contribution in [2.24, 2.45) is 0 Å². The van der Waals surface area contributed by atoms with Gasteiger partial charge in [0.1, 0.15) is 5.75 Å². The van der Waals surface area contributed by atoms with Gasteiger partial charge in [-0.3, -0.25) is 9.69 Å². The molecular weight excluding hydrogens is 392 g/mol.